The molecule has 1 amide bonds. The first-order chi connectivity index (χ1) is 13.6. The lowest BCUT2D eigenvalue weighted by Crippen LogP contribution is -2.23. The number of pyridine rings is 1. The van der Waals surface area contributed by atoms with Gasteiger partial charge in [-0.15, -0.1) is 11.3 Å². The number of H-pyrrole nitrogens is 1. The number of benzene rings is 1. The molecule has 1 aromatic carbocycles. The van der Waals surface area contributed by atoms with Gasteiger partial charge in [-0.2, -0.15) is 0 Å². The summed E-state index contributed by atoms with van der Waals surface area (Å²) in [5.74, 6) is 0.527. The van der Waals surface area contributed by atoms with E-state index in [9.17, 15) is 4.79 Å². The summed E-state index contributed by atoms with van der Waals surface area (Å²) in [6, 6.07) is 14.0. The van der Waals surface area contributed by atoms with Crippen molar-refractivity contribution in [1.82, 2.24) is 25.3 Å². The first-order valence-corrected chi connectivity index (χ1v) is 9.75. The number of aromatic nitrogens is 4. The van der Waals surface area contributed by atoms with Crippen LogP contribution in [0.2, 0.25) is 0 Å². The molecule has 28 heavy (non-hydrogen) atoms. The van der Waals surface area contributed by atoms with Crippen LogP contribution in [0.5, 0.6) is 0 Å². The molecule has 0 fully saturated rings. The van der Waals surface area contributed by atoms with Crippen molar-refractivity contribution in [2.24, 2.45) is 0 Å². The highest BCUT2D eigenvalue weighted by Crippen LogP contribution is 2.29. The summed E-state index contributed by atoms with van der Waals surface area (Å²) in [5, 5.41) is 2.91. The number of thiazole rings is 1. The molecule has 2 N–H and O–H groups in total. The predicted octanol–water partition coefficient (Wildman–Crippen LogP) is 4.14. The van der Waals surface area contributed by atoms with Gasteiger partial charge in [-0.3, -0.25) is 9.78 Å². The van der Waals surface area contributed by atoms with Gasteiger partial charge in [-0.05, 0) is 26.0 Å². The van der Waals surface area contributed by atoms with Crippen LogP contribution >= 0.6 is 11.3 Å². The molecule has 0 saturated heterocycles. The third-order valence-corrected chi connectivity index (χ3v) is 5.29. The van der Waals surface area contributed by atoms with Crippen molar-refractivity contribution in [3.8, 4) is 22.6 Å². The van der Waals surface area contributed by atoms with Crippen molar-refractivity contribution >= 4 is 17.2 Å². The number of nitrogens with zero attached hydrogens (tertiary/aromatic N) is 3. The molecule has 0 radical (unpaired) electrons. The zero-order chi connectivity index (χ0) is 19.5. The van der Waals surface area contributed by atoms with Crippen LogP contribution in [0.25, 0.3) is 22.6 Å². The summed E-state index contributed by atoms with van der Waals surface area (Å²) in [6.45, 7) is 4.17. The van der Waals surface area contributed by atoms with Gasteiger partial charge >= 0.3 is 0 Å². The third-order valence-electron chi connectivity index (χ3n) is 4.37. The minimum atomic E-state index is -0.146. The van der Waals surface area contributed by atoms with Crippen LogP contribution in [0.1, 0.15) is 26.8 Å². The van der Waals surface area contributed by atoms with Crippen molar-refractivity contribution in [1.29, 1.82) is 0 Å². The monoisotopic (exact) mass is 389 g/mol. The van der Waals surface area contributed by atoms with Gasteiger partial charge < -0.3 is 10.3 Å². The third kappa shape index (κ3) is 3.70. The molecule has 7 heteroatoms. The largest absolute Gasteiger partial charge is 0.344 e. The second-order valence-electron chi connectivity index (χ2n) is 6.44. The molecule has 0 aliphatic heterocycles. The number of hydrogen-bond acceptors (Lipinski definition) is 5. The van der Waals surface area contributed by atoms with E-state index in [1.54, 1.807) is 11.7 Å². The molecule has 0 saturated carbocycles. The van der Waals surface area contributed by atoms with Gasteiger partial charge in [0.15, 0.2) is 0 Å². The van der Waals surface area contributed by atoms with Gasteiger partial charge in [0, 0.05) is 11.8 Å². The summed E-state index contributed by atoms with van der Waals surface area (Å²) in [6.07, 6.45) is 1.75. The Morgan fingerprint density at radius 2 is 1.93 bits per heavy atom. The van der Waals surface area contributed by atoms with E-state index >= 15 is 0 Å². The maximum atomic E-state index is 12.4. The number of rotatable bonds is 5. The van der Waals surface area contributed by atoms with Gasteiger partial charge in [0.05, 0.1) is 34.8 Å². The average Bonchev–Trinajstić information content (AvgIpc) is 3.34. The minimum absolute atomic E-state index is 0.146. The second kappa shape index (κ2) is 7.74. The number of carbonyl (C=O) groups is 1. The number of imidazole rings is 1. The molecular formula is C21H19N5OS. The quantitative estimate of drug-likeness (QED) is 0.537. The molecule has 0 bridgehead atoms. The number of nitrogens with one attached hydrogen (secondary N) is 2. The Balaban J connectivity index is 1.64. The molecular weight excluding hydrogens is 370 g/mol. The Bertz CT molecular complexity index is 1100. The van der Waals surface area contributed by atoms with E-state index in [-0.39, 0.29) is 5.91 Å². The highest BCUT2D eigenvalue weighted by molar-refractivity contribution is 7.11. The van der Waals surface area contributed by atoms with Crippen LogP contribution < -0.4 is 5.32 Å². The molecule has 0 unspecified atom stereocenters. The highest BCUT2D eigenvalue weighted by Gasteiger charge is 2.17. The van der Waals surface area contributed by atoms with Crippen LogP contribution in [-0.2, 0) is 6.54 Å². The lowest BCUT2D eigenvalue weighted by molar-refractivity contribution is 0.0953. The van der Waals surface area contributed by atoms with Gasteiger partial charge in [-0.25, -0.2) is 9.97 Å². The van der Waals surface area contributed by atoms with Crippen LogP contribution in [0.4, 0.5) is 0 Å². The van der Waals surface area contributed by atoms with Crippen molar-refractivity contribution in [2.75, 3.05) is 0 Å². The molecule has 3 heterocycles. The van der Waals surface area contributed by atoms with Gasteiger partial charge in [-0.1, -0.05) is 35.9 Å². The lowest BCUT2D eigenvalue weighted by Gasteiger charge is -2.02. The van der Waals surface area contributed by atoms with Gasteiger partial charge in [0.2, 0.25) is 0 Å². The van der Waals surface area contributed by atoms with Crippen molar-refractivity contribution in [2.45, 2.75) is 20.4 Å². The molecule has 3 aromatic heterocycles. The van der Waals surface area contributed by atoms with Gasteiger partial charge in [0.25, 0.3) is 5.91 Å². The number of aryl methyl sites for hydroxylation is 2. The van der Waals surface area contributed by atoms with Crippen LogP contribution in [0.3, 0.4) is 0 Å². The van der Waals surface area contributed by atoms with E-state index in [0.29, 0.717) is 17.2 Å². The van der Waals surface area contributed by atoms with E-state index in [4.69, 9.17) is 4.98 Å². The van der Waals surface area contributed by atoms with E-state index in [2.05, 4.69) is 39.3 Å². The average molecular weight is 389 g/mol. The summed E-state index contributed by atoms with van der Waals surface area (Å²) in [5.41, 5.74) is 7.05. The van der Waals surface area contributed by atoms with Crippen molar-refractivity contribution in [3.05, 3.63) is 76.1 Å². The Morgan fingerprint density at radius 3 is 2.61 bits per heavy atom. The van der Waals surface area contributed by atoms with Crippen molar-refractivity contribution in [3.63, 3.8) is 0 Å². The molecule has 0 aliphatic carbocycles. The van der Waals surface area contributed by atoms with Crippen LogP contribution in [0.15, 0.2) is 54.2 Å². The van der Waals surface area contributed by atoms with Gasteiger partial charge in [0.1, 0.15) is 10.7 Å². The first-order valence-electron chi connectivity index (χ1n) is 8.87. The summed E-state index contributed by atoms with van der Waals surface area (Å²) in [7, 11) is 0. The Hall–Kier alpha value is -3.32. The smallest absolute Gasteiger partial charge is 0.263 e. The fraction of sp³-hybridized carbons (Fsp3) is 0.143. The minimum Gasteiger partial charge on any atom is -0.344 e. The maximum absolute atomic E-state index is 12.4. The number of amides is 1. The van der Waals surface area contributed by atoms with E-state index < -0.39 is 0 Å². The van der Waals surface area contributed by atoms with E-state index in [0.717, 1.165) is 28.3 Å². The Kier molecular flexibility index (Phi) is 4.99. The SMILES string of the molecule is Cc1ccc(-c2nc(CNC(=O)c3scnc3C)[nH]c2-c2ccccn2)cc1. The predicted molar refractivity (Wildman–Crippen MR) is 110 cm³/mol. The van der Waals surface area contributed by atoms with Crippen LogP contribution in [0, 0.1) is 13.8 Å². The zero-order valence-corrected chi connectivity index (χ0v) is 16.4. The molecule has 4 aromatic rings. The molecule has 140 valence electrons. The van der Waals surface area contributed by atoms with E-state index in [1.165, 1.54) is 16.9 Å². The first kappa shape index (κ1) is 18.1. The zero-order valence-electron chi connectivity index (χ0n) is 15.6. The maximum Gasteiger partial charge on any atom is 0.263 e. The second-order valence-corrected chi connectivity index (χ2v) is 7.29. The number of hydrogen-bond donors (Lipinski definition) is 2. The lowest BCUT2D eigenvalue weighted by atomic mass is 10.1. The molecule has 0 aliphatic rings. The summed E-state index contributed by atoms with van der Waals surface area (Å²) >= 11 is 1.33. The highest BCUT2D eigenvalue weighted by atomic mass is 32.1. The molecule has 0 spiro atoms. The normalized spacial score (nSPS) is 10.8. The number of aromatic amines is 1. The fourth-order valence-corrected chi connectivity index (χ4v) is 3.61. The topological polar surface area (TPSA) is 83.6 Å². The summed E-state index contributed by atoms with van der Waals surface area (Å²) < 4.78 is 0. The fourth-order valence-electron chi connectivity index (χ4n) is 2.89. The standard InChI is InChI=1S/C21H19N5OS/c1-13-6-8-15(9-7-13)18-19(16-5-3-4-10-22-16)26-17(25-18)11-23-21(27)20-14(2)24-12-28-20/h3-10,12H,11H2,1-2H3,(H,23,27)(H,25,26). The van der Waals surface area contributed by atoms with E-state index in [1.807, 2.05) is 37.3 Å². The number of carbonyl (C=O) groups excluding carboxylic acids is 1. The molecule has 4 rings (SSSR count). The summed E-state index contributed by atoms with van der Waals surface area (Å²) in [4.78, 5) is 29.6. The Morgan fingerprint density at radius 1 is 1.11 bits per heavy atom. The molecule has 6 nitrogen and oxygen atoms in total. The molecule has 0 atom stereocenters. The Labute approximate surface area is 166 Å². The van der Waals surface area contributed by atoms with Crippen LogP contribution in [-0.4, -0.2) is 25.8 Å². The van der Waals surface area contributed by atoms with Crippen molar-refractivity contribution < 1.29 is 4.79 Å².